The predicted molar refractivity (Wildman–Crippen MR) is 34.2 cm³/mol. The molecule has 0 heterocycles. The van der Waals surface area contributed by atoms with Gasteiger partial charge in [0.1, 0.15) is 0 Å². The minimum Gasteiger partial charge on any atom is -0.484 e. The predicted octanol–water partition coefficient (Wildman–Crippen LogP) is 1.66. The van der Waals surface area contributed by atoms with Crippen molar-refractivity contribution in [1.29, 1.82) is 5.41 Å². The first-order chi connectivity index (χ1) is 3.72. The first-order valence-corrected chi connectivity index (χ1v) is 2.84. The fourth-order valence-corrected chi connectivity index (χ4v) is 0.387. The van der Waals surface area contributed by atoms with E-state index in [1.54, 1.807) is 0 Å². The number of nitrogens with one attached hydrogen (secondary N) is 1. The van der Waals surface area contributed by atoms with Crippen LogP contribution in [0, 0.1) is 11.3 Å². The van der Waals surface area contributed by atoms with Crippen molar-refractivity contribution in [2.45, 2.75) is 20.3 Å². The molecule has 0 aromatic carbocycles. The summed E-state index contributed by atoms with van der Waals surface area (Å²) >= 11 is 0. The minimum atomic E-state index is 0.278. The molecule has 0 fully saturated rings. The van der Waals surface area contributed by atoms with Crippen LogP contribution < -0.4 is 0 Å². The molecular weight excluding hydrogens is 102 g/mol. The van der Waals surface area contributed by atoms with Crippen molar-refractivity contribution >= 4 is 5.90 Å². The summed E-state index contributed by atoms with van der Waals surface area (Å²) in [7, 11) is 1.54. The van der Waals surface area contributed by atoms with Crippen LogP contribution in [0.2, 0.25) is 0 Å². The van der Waals surface area contributed by atoms with E-state index in [0.717, 1.165) is 6.42 Å². The number of methoxy groups -OCH3 is 1. The van der Waals surface area contributed by atoms with Crippen molar-refractivity contribution in [1.82, 2.24) is 0 Å². The molecule has 1 unspecified atom stereocenters. The number of hydrogen-bond acceptors (Lipinski definition) is 2. The average molecular weight is 115 g/mol. The zero-order chi connectivity index (χ0) is 6.57. The standard InChI is InChI=1S/C6H13NO/c1-4-5(2)6(7)8-3/h5,7H,4H2,1-3H3. The van der Waals surface area contributed by atoms with E-state index in [2.05, 4.69) is 4.74 Å². The molecule has 0 saturated carbocycles. The lowest BCUT2D eigenvalue weighted by Crippen LogP contribution is -2.09. The smallest absolute Gasteiger partial charge is 0.182 e. The highest BCUT2D eigenvalue weighted by Gasteiger charge is 2.03. The summed E-state index contributed by atoms with van der Waals surface area (Å²) in [6.07, 6.45) is 0.979. The molecule has 0 amide bonds. The molecule has 0 rings (SSSR count). The van der Waals surface area contributed by atoms with Crippen molar-refractivity contribution in [2.24, 2.45) is 5.92 Å². The Balaban J connectivity index is 3.46. The highest BCUT2D eigenvalue weighted by molar-refractivity contribution is 5.74. The molecule has 0 bridgehead atoms. The molecule has 0 aromatic rings. The molecular formula is C6H13NO. The molecule has 0 aromatic heterocycles. The van der Waals surface area contributed by atoms with Crippen molar-refractivity contribution < 1.29 is 4.74 Å². The summed E-state index contributed by atoms with van der Waals surface area (Å²) in [6.45, 7) is 4.02. The van der Waals surface area contributed by atoms with Gasteiger partial charge in [0, 0.05) is 5.92 Å². The van der Waals surface area contributed by atoms with E-state index >= 15 is 0 Å². The monoisotopic (exact) mass is 115 g/mol. The molecule has 48 valence electrons. The second-order valence-electron chi connectivity index (χ2n) is 1.88. The normalized spacial score (nSPS) is 12.9. The zero-order valence-corrected chi connectivity index (χ0v) is 5.69. The molecule has 1 N–H and O–H groups in total. The molecule has 2 heteroatoms. The van der Waals surface area contributed by atoms with Crippen LogP contribution in [0.1, 0.15) is 20.3 Å². The quantitative estimate of drug-likeness (QED) is 0.431. The van der Waals surface area contributed by atoms with Gasteiger partial charge in [0.15, 0.2) is 5.90 Å². The Bertz CT molecular complexity index is 80.6. The summed E-state index contributed by atoms with van der Waals surface area (Å²) < 4.78 is 4.69. The fraction of sp³-hybridized carbons (Fsp3) is 0.833. The summed E-state index contributed by atoms with van der Waals surface area (Å²) in [5.74, 6) is 0.660. The third-order valence-corrected chi connectivity index (χ3v) is 1.28. The second-order valence-corrected chi connectivity index (χ2v) is 1.88. The lowest BCUT2D eigenvalue weighted by atomic mass is 10.1. The van der Waals surface area contributed by atoms with Gasteiger partial charge < -0.3 is 4.74 Å². The average Bonchev–Trinajstić information content (AvgIpc) is 1.84. The van der Waals surface area contributed by atoms with Crippen LogP contribution in [-0.4, -0.2) is 13.0 Å². The van der Waals surface area contributed by atoms with Crippen LogP contribution in [0.25, 0.3) is 0 Å². The highest BCUT2D eigenvalue weighted by atomic mass is 16.5. The molecule has 8 heavy (non-hydrogen) atoms. The lowest BCUT2D eigenvalue weighted by molar-refractivity contribution is 0.363. The van der Waals surface area contributed by atoms with E-state index in [1.165, 1.54) is 7.11 Å². The van der Waals surface area contributed by atoms with Gasteiger partial charge in [0.05, 0.1) is 7.11 Å². The number of ether oxygens (including phenoxy) is 1. The lowest BCUT2D eigenvalue weighted by Gasteiger charge is -2.06. The van der Waals surface area contributed by atoms with Crippen molar-refractivity contribution in [3.8, 4) is 0 Å². The first-order valence-electron chi connectivity index (χ1n) is 2.84. The van der Waals surface area contributed by atoms with Crippen molar-refractivity contribution in [3.05, 3.63) is 0 Å². The van der Waals surface area contributed by atoms with Gasteiger partial charge in [-0.15, -0.1) is 0 Å². The van der Waals surface area contributed by atoms with Gasteiger partial charge in [0.2, 0.25) is 0 Å². The van der Waals surface area contributed by atoms with Gasteiger partial charge in [0.25, 0.3) is 0 Å². The first kappa shape index (κ1) is 7.47. The third kappa shape index (κ3) is 1.96. The van der Waals surface area contributed by atoms with Crippen LogP contribution in [0.3, 0.4) is 0 Å². The zero-order valence-electron chi connectivity index (χ0n) is 5.69. The summed E-state index contributed by atoms with van der Waals surface area (Å²) in [5, 5.41) is 7.12. The molecule has 1 atom stereocenters. The summed E-state index contributed by atoms with van der Waals surface area (Å²) in [5.41, 5.74) is 0. The summed E-state index contributed by atoms with van der Waals surface area (Å²) in [6, 6.07) is 0. The Morgan fingerprint density at radius 2 is 2.25 bits per heavy atom. The van der Waals surface area contributed by atoms with Gasteiger partial charge >= 0.3 is 0 Å². The molecule has 2 nitrogen and oxygen atoms in total. The maximum absolute atomic E-state index is 7.12. The maximum Gasteiger partial charge on any atom is 0.182 e. The van der Waals surface area contributed by atoms with Gasteiger partial charge in [-0.25, -0.2) is 0 Å². The van der Waals surface area contributed by atoms with Gasteiger partial charge in [-0.05, 0) is 6.42 Å². The number of hydrogen-bond donors (Lipinski definition) is 1. The van der Waals surface area contributed by atoms with Crippen LogP contribution >= 0.6 is 0 Å². The Labute approximate surface area is 50.4 Å². The maximum atomic E-state index is 7.12. The fourth-order valence-electron chi connectivity index (χ4n) is 0.387. The Kier molecular flexibility index (Phi) is 3.24. The van der Waals surface area contributed by atoms with E-state index in [1.807, 2.05) is 13.8 Å². The molecule has 0 aliphatic rings. The molecule has 0 spiro atoms. The van der Waals surface area contributed by atoms with Crippen molar-refractivity contribution in [3.63, 3.8) is 0 Å². The third-order valence-electron chi connectivity index (χ3n) is 1.28. The van der Waals surface area contributed by atoms with Gasteiger partial charge in [-0.2, -0.15) is 0 Å². The van der Waals surface area contributed by atoms with Crippen LogP contribution in [0.4, 0.5) is 0 Å². The van der Waals surface area contributed by atoms with E-state index in [9.17, 15) is 0 Å². The van der Waals surface area contributed by atoms with Crippen LogP contribution in [-0.2, 0) is 4.74 Å². The minimum absolute atomic E-state index is 0.278. The highest BCUT2D eigenvalue weighted by Crippen LogP contribution is 2.01. The van der Waals surface area contributed by atoms with Gasteiger partial charge in [-0.1, -0.05) is 13.8 Å². The van der Waals surface area contributed by atoms with E-state index < -0.39 is 0 Å². The van der Waals surface area contributed by atoms with E-state index in [0.29, 0.717) is 5.90 Å². The molecule has 0 radical (unpaired) electrons. The molecule has 0 aliphatic carbocycles. The topological polar surface area (TPSA) is 33.1 Å². The van der Waals surface area contributed by atoms with Gasteiger partial charge in [-0.3, -0.25) is 5.41 Å². The Morgan fingerprint density at radius 3 is 2.38 bits per heavy atom. The molecule has 0 saturated heterocycles. The Hall–Kier alpha value is -0.530. The Morgan fingerprint density at radius 1 is 1.75 bits per heavy atom. The largest absolute Gasteiger partial charge is 0.484 e. The second kappa shape index (κ2) is 3.47. The van der Waals surface area contributed by atoms with Crippen LogP contribution in [0.15, 0.2) is 0 Å². The number of rotatable bonds is 2. The van der Waals surface area contributed by atoms with Crippen LogP contribution in [0.5, 0.6) is 0 Å². The SMILES string of the molecule is CCC(C)C(=N)OC. The summed E-state index contributed by atoms with van der Waals surface area (Å²) in [4.78, 5) is 0. The van der Waals surface area contributed by atoms with E-state index in [4.69, 9.17) is 5.41 Å². The van der Waals surface area contributed by atoms with E-state index in [-0.39, 0.29) is 5.92 Å². The molecule has 0 aliphatic heterocycles. The van der Waals surface area contributed by atoms with Crippen molar-refractivity contribution in [2.75, 3.05) is 7.11 Å².